The van der Waals surface area contributed by atoms with E-state index in [0.29, 0.717) is 23.7 Å². The second-order valence-electron chi connectivity index (χ2n) is 8.83. The van der Waals surface area contributed by atoms with Gasteiger partial charge in [0.2, 0.25) is 5.91 Å². The van der Waals surface area contributed by atoms with Gasteiger partial charge in [0.1, 0.15) is 6.04 Å². The number of benzene rings is 1. The fourth-order valence-corrected chi connectivity index (χ4v) is 7.58. The molecule has 1 unspecified atom stereocenters. The number of halogens is 1. The summed E-state index contributed by atoms with van der Waals surface area (Å²) in [6.45, 7) is 2.04. The Balaban J connectivity index is 1.63. The zero-order valence-corrected chi connectivity index (χ0v) is 19.7. The number of hydrogen-bond donors (Lipinski definition) is 1. The van der Waals surface area contributed by atoms with Gasteiger partial charge < -0.3 is 19.6 Å². The van der Waals surface area contributed by atoms with Gasteiger partial charge in [0.25, 0.3) is 5.91 Å². The van der Waals surface area contributed by atoms with Crippen molar-refractivity contribution in [3.8, 4) is 0 Å². The van der Waals surface area contributed by atoms with Gasteiger partial charge in [-0.25, -0.2) is 0 Å². The standard InChI is InChI=1S/C24H25ClN2O5S/c1-14(13-28)27-20-22(30)26(16-8-6-15(25)7-9-16)11-4-10-24(20)19(21(27)29)18-17(33-24)5-2-3-12-32-23(18)31/h2,4-10,14,17-20,28H,3,11-13H2,1H3/t14-,17-,18+,19+,20?,24+/m1/s1. The summed E-state index contributed by atoms with van der Waals surface area (Å²) in [5, 5.41) is 10.2. The van der Waals surface area contributed by atoms with E-state index in [2.05, 4.69) is 0 Å². The molecule has 1 aromatic rings. The highest BCUT2D eigenvalue weighted by molar-refractivity contribution is 8.02. The number of carbonyl (C=O) groups excluding carboxylic acids is 3. The first-order valence-electron chi connectivity index (χ1n) is 11.1. The maximum Gasteiger partial charge on any atom is 0.311 e. The normalized spacial score (nSPS) is 34.2. The number of anilines is 1. The molecule has 1 N–H and O–H groups in total. The second kappa shape index (κ2) is 8.49. The molecule has 1 spiro atoms. The van der Waals surface area contributed by atoms with Crippen molar-refractivity contribution in [2.75, 3.05) is 24.7 Å². The van der Waals surface area contributed by atoms with Gasteiger partial charge in [-0.15, -0.1) is 11.8 Å². The van der Waals surface area contributed by atoms with Crippen molar-refractivity contribution in [2.45, 2.75) is 35.4 Å². The molecule has 2 fully saturated rings. The Labute approximate surface area is 201 Å². The predicted octanol–water partition coefficient (Wildman–Crippen LogP) is 2.42. The molecule has 2 saturated heterocycles. The van der Waals surface area contributed by atoms with E-state index < -0.39 is 34.6 Å². The van der Waals surface area contributed by atoms with E-state index in [4.69, 9.17) is 16.3 Å². The Morgan fingerprint density at radius 3 is 2.70 bits per heavy atom. The molecule has 6 atom stereocenters. The molecular weight excluding hydrogens is 464 g/mol. The number of cyclic esters (lactones) is 1. The molecule has 33 heavy (non-hydrogen) atoms. The van der Waals surface area contributed by atoms with Crippen LogP contribution in [0.2, 0.25) is 5.02 Å². The molecule has 5 rings (SSSR count). The smallest absolute Gasteiger partial charge is 0.311 e. The van der Waals surface area contributed by atoms with Crippen LogP contribution in [-0.4, -0.2) is 69.6 Å². The second-order valence-corrected chi connectivity index (χ2v) is 10.8. The first-order valence-corrected chi connectivity index (χ1v) is 12.3. The number of likely N-dealkylation sites (tertiary alicyclic amines) is 1. The Kier molecular flexibility index (Phi) is 5.79. The van der Waals surface area contributed by atoms with Gasteiger partial charge in [-0.1, -0.05) is 35.9 Å². The number of fused-ring (bicyclic) bond motifs is 2. The number of hydrogen-bond acceptors (Lipinski definition) is 6. The van der Waals surface area contributed by atoms with Crippen molar-refractivity contribution in [1.29, 1.82) is 0 Å². The van der Waals surface area contributed by atoms with Crippen molar-refractivity contribution in [2.24, 2.45) is 11.8 Å². The van der Waals surface area contributed by atoms with E-state index >= 15 is 0 Å². The number of nitrogens with zero attached hydrogens (tertiary/aromatic N) is 2. The summed E-state index contributed by atoms with van der Waals surface area (Å²) in [5.41, 5.74) is 0.673. The number of aliphatic hydroxyl groups excluding tert-OH is 1. The lowest BCUT2D eigenvalue weighted by Gasteiger charge is -2.37. The SMILES string of the molecule is C[C@H](CO)N1C(=O)[C@@H]2[C@H]3C(=O)OCCC=C[C@H]3S[C@@]23C=CCN(c2ccc(Cl)cc2)C(=O)C13. The molecular formula is C24H25ClN2O5S. The van der Waals surface area contributed by atoms with Crippen molar-refractivity contribution < 1.29 is 24.2 Å². The molecule has 174 valence electrons. The van der Waals surface area contributed by atoms with Crippen LogP contribution in [0.5, 0.6) is 0 Å². The number of amides is 2. The van der Waals surface area contributed by atoms with Crippen LogP contribution in [0.25, 0.3) is 0 Å². The van der Waals surface area contributed by atoms with Gasteiger partial charge in [-0.2, -0.15) is 0 Å². The highest BCUT2D eigenvalue weighted by Gasteiger charge is 2.71. The highest BCUT2D eigenvalue weighted by Crippen LogP contribution is 2.61. The zero-order chi connectivity index (χ0) is 23.3. The molecule has 9 heteroatoms. The Bertz CT molecular complexity index is 1040. The molecule has 4 heterocycles. The number of esters is 1. The van der Waals surface area contributed by atoms with Gasteiger partial charge in [-0.05, 0) is 37.6 Å². The maximum atomic E-state index is 14.1. The first kappa shape index (κ1) is 22.5. The fraction of sp³-hybridized carbons (Fsp3) is 0.458. The lowest BCUT2D eigenvalue weighted by molar-refractivity contribution is -0.153. The summed E-state index contributed by atoms with van der Waals surface area (Å²) >= 11 is 7.53. The monoisotopic (exact) mass is 488 g/mol. The van der Waals surface area contributed by atoms with Crippen LogP contribution in [0.4, 0.5) is 5.69 Å². The minimum absolute atomic E-state index is 0.238. The molecule has 0 saturated carbocycles. The molecule has 0 bridgehead atoms. The Hall–Kier alpha value is -2.29. The van der Waals surface area contributed by atoms with E-state index in [0.717, 1.165) is 0 Å². The van der Waals surface area contributed by atoms with E-state index in [-0.39, 0.29) is 30.3 Å². The van der Waals surface area contributed by atoms with Gasteiger partial charge >= 0.3 is 5.97 Å². The molecule has 4 aliphatic heterocycles. The maximum absolute atomic E-state index is 14.1. The number of rotatable bonds is 3. The van der Waals surface area contributed by atoms with E-state index in [1.807, 2.05) is 24.3 Å². The summed E-state index contributed by atoms with van der Waals surface area (Å²) in [4.78, 5) is 44.1. The van der Waals surface area contributed by atoms with Crippen LogP contribution in [0.1, 0.15) is 13.3 Å². The first-order chi connectivity index (χ1) is 15.9. The molecule has 0 radical (unpaired) electrons. The van der Waals surface area contributed by atoms with Crippen molar-refractivity contribution in [3.05, 3.63) is 53.6 Å². The summed E-state index contributed by atoms with van der Waals surface area (Å²) in [5.74, 6) is -2.35. The molecule has 2 amide bonds. The van der Waals surface area contributed by atoms with E-state index in [1.165, 1.54) is 16.7 Å². The predicted molar refractivity (Wildman–Crippen MR) is 126 cm³/mol. The summed E-state index contributed by atoms with van der Waals surface area (Å²) in [7, 11) is 0. The highest BCUT2D eigenvalue weighted by atomic mass is 35.5. The van der Waals surface area contributed by atoms with Gasteiger partial charge in [-0.3, -0.25) is 14.4 Å². The average Bonchev–Trinajstić information content (AvgIpc) is 3.18. The molecule has 4 aliphatic rings. The Morgan fingerprint density at radius 2 is 1.97 bits per heavy atom. The Morgan fingerprint density at radius 1 is 1.21 bits per heavy atom. The summed E-state index contributed by atoms with van der Waals surface area (Å²) < 4.78 is 4.53. The minimum atomic E-state index is -0.929. The van der Waals surface area contributed by atoms with Crippen LogP contribution in [0.3, 0.4) is 0 Å². The van der Waals surface area contributed by atoms with Crippen LogP contribution in [0.15, 0.2) is 48.6 Å². The topological polar surface area (TPSA) is 87.2 Å². The lowest BCUT2D eigenvalue weighted by Crippen LogP contribution is -2.56. The zero-order valence-electron chi connectivity index (χ0n) is 18.1. The van der Waals surface area contributed by atoms with Crippen molar-refractivity contribution >= 4 is 46.8 Å². The number of thioether (sulfide) groups is 1. The average molecular weight is 489 g/mol. The largest absolute Gasteiger partial charge is 0.465 e. The molecule has 0 aliphatic carbocycles. The van der Waals surface area contributed by atoms with Crippen LogP contribution in [0, 0.1) is 11.8 Å². The number of ether oxygens (including phenoxy) is 1. The van der Waals surface area contributed by atoms with Crippen LogP contribution >= 0.6 is 23.4 Å². The van der Waals surface area contributed by atoms with Crippen LogP contribution < -0.4 is 4.90 Å². The molecule has 0 aromatic heterocycles. The summed E-state index contributed by atoms with van der Waals surface area (Å²) in [6, 6.07) is 5.56. The third-order valence-electron chi connectivity index (χ3n) is 6.94. The number of aliphatic hydroxyl groups is 1. The fourth-order valence-electron chi connectivity index (χ4n) is 5.46. The van der Waals surface area contributed by atoms with Crippen molar-refractivity contribution in [3.63, 3.8) is 0 Å². The van der Waals surface area contributed by atoms with Gasteiger partial charge in [0.05, 0.1) is 35.8 Å². The third kappa shape index (κ3) is 3.42. The number of carbonyl (C=O) groups is 3. The third-order valence-corrected chi connectivity index (χ3v) is 8.93. The van der Waals surface area contributed by atoms with Crippen molar-refractivity contribution in [1.82, 2.24) is 4.90 Å². The minimum Gasteiger partial charge on any atom is -0.465 e. The van der Waals surface area contributed by atoms with Gasteiger partial charge in [0, 0.05) is 22.5 Å². The van der Waals surface area contributed by atoms with E-state index in [1.54, 1.807) is 36.1 Å². The molecule has 7 nitrogen and oxygen atoms in total. The van der Waals surface area contributed by atoms with Crippen LogP contribution in [-0.2, 0) is 19.1 Å². The van der Waals surface area contributed by atoms with Gasteiger partial charge in [0.15, 0.2) is 0 Å². The lowest BCUT2D eigenvalue weighted by atomic mass is 9.78. The summed E-state index contributed by atoms with van der Waals surface area (Å²) in [6.07, 6.45) is 8.42. The van der Waals surface area contributed by atoms with E-state index in [9.17, 15) is 19.5 Å². The molecule has 1 aromatic carbocycles. The quantitative estimate of drug-likeness (QED) is 0.519.